The fraction of sp³-hybridized carbons (Fsp3) is 0.308. The summed E-state index contributed by atoms with van der Waals surface area (Å²) in [5.41, 5.74) is 0.553. The molecule has 1 unspecified atom stereocenters. The zero-order valence-corrected chi connectivity index (χ0v) is 11.5. The van der Waals surface area contributed by atoms with E-state index < -0.39 is 5.97 Å². The van der Waals surface area contributed by atoms with Crippen LogP contribution in [-0.4, -0.2) is 26.4 Å². The number of aromatic carboxylic acids is 1. The van der Waals surface area contributed by atoms with Gasteiger partial charge < -0.3 is 9.67 Å². The Labute approximate surface area is 114 Å². The van der Waals surface area contributed by atoms with Crippen molar-refractivity contribution >= 4 is 23.1 Å². The maximum Gasteiger partial charge on any atom is 0.352 e. The Hall–Kier alpha value is -1.95. The van der Waals surface area contributed by atoms with Crippen molar-refractivity contribution in [2.24, 2.45) is 0 Å². The molecule has 0 aliphatic carbocycles. The van der Waals surface area contributed by atoms with Crippen LogP contribution in [0.25, 0.3) is 0 Å². The summed E-state index contributed by atoms with van der Waals surface area (Å²) < 4.78 is 1.60. The second-order valence-electron chi connectivity index (χ2n) is 4.40. The quantitative estimate of drug-likeness (QED) is 0.853. The van der Waals surface area contributed by atoms with Crippen LogP contribution in [0.15, 0.2) is 23.8 Å². The molecule has 0 spiro atoms. The Morgan fingerprint density at radius 2 is 2.26 bits per heavy atom. The van der Waals surface area contributed by atoms with Crippen molar-refractivity contribution in [2.75, 3.05) is 0 Å². The molecule has 2 rings (SSSR count). The number of ketones is 1. The standard InChI is InChI=1S/C13H14N2O3S/c1-8(12-14-3-4-19-12)6-15-7-10(9(2)16)5-11(15)13(17)18/h3-5,7-8H,6H2,1-2H3,(H,17,18). The van der Waals surface area contributed by atoms with E-state index in [9.17, 15) is 9.59 Å². The van der Waals surface area contributed by atoms with E-state index in [1.165, 1.54) is 24.3 Å². The lowest BCUT2D eigenvalue weighted by atomic mass is 10.2. The number of aromatic nitrogens is 2. The molecule has 0 fully saturated rings. The Morgan fingerprint density at radius 1 is 1.53 bits per heavy atom. The summed E-state index contributed by atoms with van der Waals surface area (Å²) in [5.74, 6) is -1.06. The van der Waals surface area contributed by atoms with Gasteiger partial charge >= 0.3 is 5.97 Å². The molecular weight excluding hydrogens is 264 g/mol. The van der Waals surface area contributed by atoms with Crippen molar-refractivity contribution in [1.29, 1.82) is 0 Å². The van der Waals surface area contributed by atoms with Gasteiger partial charge in [-0.3, -0.25) is 4.79 Å². The molecule has 2 heterocycles. The average molecular weight is 278 g/mol. The summed E-state index contributed by atoms with van der Waals surface area (Å²) in [5, 5.41) is 12.0. The topological polar surface area (TPSA) is 72.2 Å². The number of hydrogen-bond acceptors (Lipinski definition) is 4. The smallest absolute Gasteiger partial charge is 0.352 e. The van der Waals surface area contributed by atoms with Gasteiger partial charge in [0.05, 0.1) is 5.01 Å². The maximum absolute atomic E-state index is 11.3. The lowest BCUT2D eigenvalue weighted by molar-refractivity contribution is 0.0684. The molecule has 0 aromatic carbocycles. The van der Waals surface area contributed by atoms with Gasteiger partial charge in [0.2, 0.25) is 0 Å². The van der Waals surface area contributed by atoms with Crippen molar-refractivity contribution in [2.45, 2.75) is 26.3 Å². The van der Waals surface area contributed by atoms with E-state index in [2.05, 4.69) is 4.98 Å². The van der Waals surface area contributed by atoms with Gasteiger partial charge in [0.15, 0.2) is 5.78 Å². The first-order valence-corrected chi connectivity index (χ1v) is 6.70. The number of carbonyl (C=O) groups excluding carboxylic acids is 1. The van der Waals surface area contributed by atoms with Gasteiger partial charge in [0.1, 0.15) is 5.69 Å². The molecule has 2 aromatic heterocycles. The van der Waals surface area contributed by atoms with Crippen molar-refractivity contribution in [1.82, 2.24) is 9.55 Å². The summed E-state index contributed by atoms with van der Waals surface area (Å²) in [6.07, 6.45) is 3.32. The lowest BCUT2D eigenvalue weighted by Crippen LogP contribution is -2.11. The largest absolute Gasteiger partial charge is 0.477 e. The highest BCUT2D eigenvalue weighted by Crippen LogP contribution is 2.21. The van der Waals surface area contributed by atoms with Gasteiger partial charge in [-0.25, -0.2) is 9.78 Å². The molecule has 19 heavy (non-hydrogen) atoms. The predicted molar refractivity (Wildman–Crippen MR) is 71.9 cm³/mol. The third kappa shape index (κ3) is 2.90. The maximum atomic E-state index is 11.3. The molecule has 0 aliphatic heterocycles. The van der Waals surface area contributed by atoms with E-state index >= 15 is 0 Å². The van der Waals surface area contributed by atoms with Crippen LogP contribution in [0.4, 0.5) is 0 Å². The molecule has 0 saturated heterocycles. The number of carboxylic acid groups (broad SMARTS) is 1. The minimum Gasteiger partial charge on any atom is -0.477 e. The van der Waals surface area contributed by atoms with Gasteiger partial charge in [-0.1, -0.05) is 6.92 Å². The van der Waals surface area contributed by atoms with E-state index in [4.69, 9.17) is 5.11 Å². The highest BCUT2D eigenvalue weighted by atomic mass is 32.1. The molecule has 2 aromatic rings. The first-order chi connectivity index (χ1) is 8.99. The number of hydrogen-bond donors (Lipinski definition) is 1. The van der Waals surface area contributed by atoms with Crippen LogP contribution in [0.2, 0.25) is 0 Å². The van der Waals surface area contributed by atoms with Gasteiger partial charge in [0, 0.05) is 35.8 Å². The minimum absolute atomic E-state index is 0.102. The zero-order chi connectivity index (χ0) is 14.0. The minimum atomic E-state index is -1.03. The Bertz CT molecular complexity index is 601. The van der Waals surface area contributed by atoms with Crippen LogP contribution >= 0.6 is 11.3 Å². The van der Waals surface area contributed by atoms with E-state index in [0.29, 0.717) is 12.1 Å². The third-order valence-corrected chi connectivity index (χ3v) is 3.87. The second-order valence-corrected chi connectivity index (χ2v) is 5.33. The first kappa shape index (κ1) is 13.5. The Kier molecular flexibility index (Phi) is 3.80. The number of nitrogens with zero attached hydrogens (tertiary/aromatic N) is 2. The van der Waals surface area contributed by atoms with Crippen LogP contribution in [-0.2, 0) is 6.54 Å². The second kappa shape index (κ2) is 5.36. The molecule has 5 nitrogen and oxygen atoms in total. The Balaban J connectivity index is 2.28. The monoisotopic (exact) mass is 278 g/mol. The van der Waals surface area contributed by atoms with E-state index in [-0.39, 0.29) is 17.4 Å². The summed E-state index contributed by atoms with van der Waals surface area (Å²) in [6, 6.07) is 1.42. The normalized spacial score (nSPS) is 12.3. The third-order valence-electron chi connectivity index (χ3n) is 2.87. The van der Waals surface area contributed by atoms with Crippen LogP contribution in [0.3, 0.4) is 0 Å². The number of rotatable bonds is 5. The van der Waals surface area contributed by atoms with Crippen LogP contribution in [0.1, 0.15) is 45.6 Å². The summed E-state index contributed by atoms with van der Waals surface area (Å²) in [7, 11) is 0. The SMILES string of the molecule is CC(=O)c1cc(C(=O)O)n(CC(C)c2nccs2)c1. The molecule has 0 bridgehead atoms. The number of carboxylic acids is 1. The van der Waals surface area contributed by atoms with Gasteiger partial charge in [-0.05, 0) is 13.0 Å². The molecule has 0 amide bonds. The highest BCUT2D eigenvalue weighted by molar-refractivity contribution is 7.09. The van der Waals surface area contributed by atoms with Gasteiger partial charge in [-0.15, -0.1) is 11.3 Å². The number of Topliss-reactive ketones (excluding diaryl/α,β-unsaturated/α-hetero) is 1. The highest BCUT2D eigenvalue weighted by Gasteiger charge is 2.17. The van der Waals surface area contributed by atoms with Crippen molar-refractivity contribution < 1.29 is 14.7 Å². The molecule has 1 atom stereocenters. The van der Waals surface area contributed by atoms with Gasteiger partial charge in [0.25, 0.3) is 0 Å². The molecule has 0 aliphatic rings. The summed E-state index contributed by atoms with van der Waals surface area (Å²) in [6.45, 7) is 3.90. The van der Waals surface area contributed by atoms with Crippen molar-refractivity contribution in [3.8, 4) is 0 Å². The lowest BCUT2D eigenvalue weighted by Gasteiger charge is -2.11. The molecule has 0 saturated carbocycles. The molecule has 0 radical (unpaired) electrons. The van der Waals surface area contributed by atoms with Crippen molar-refractivity contribution in [3.05, 3.63) is 40.1 Å². The number of thiazole rings is 1. The van der Waals surface area contributed by atoms with E-state index in [1.807, 2.05) is 12.3 Å². The molecule has 6 heteroatoms. The van der Waals surface area contributed by atoms with E-state index in [1.54, 1.807) is 17.0 Å². The fourth-order valence-corrected chi connectivity index (χ4v) is 2.57. The predicted octanol–water partition coefficient (Wildman–Crippen LogP) is 2.65. The van der Waals surface area contributed by atoms with Crippen LogP contribution in [0.5, 0.6) is 0 Å². The fourth-order valence-electron chi connectivity index (χ4n) is 1.88. The molecule has 1 N–H and O–H groups in total. The zero-order valence-electron chi connectivity index (χ0n) is 10.7. The molecule has 100 valence electrons. The van der Waals surface area contributed by atoms with Gasteiger partial charge in [-0.2, -0.15) is 0 Å². The average Bonchev–Trinajstić information content (AvgIpc) is 2.97. The summed E-state index contributed by atoms with van der Waals surface area (Å²) in [4.78, 5) is 26.7. The summed E-state index contributed by atoms with van der Waals surface area (Å²) >= 11 is 1.54. The van der Waals surface area contributed by atoms with Crippen LogP contribution in [0, 0.1) is 0 Å². The first-order valence-electron chi connectivity index (χ1n) is 5.83. The van der Waals surface area contributed by atoms with Crippen molar-refractivity contribution in [3.63, 3.8) is 0 Å². The molecular formula is C13H14N2O3S. The Morgan fingerprint density at radius 3 is 2.79 bits per heavy atom. The number of carbonyl (C=O) groups is 2. The van der Waals surface area contributed by atoms with Crippen LogP contribution < -0.4 is 0 Å². The van der Waals surface area contributed by atoms with E-state index in [0.717, 1.165) is 5.01 Å².